The molecule has 4 nitrogen and oxygen atoms in total. The predicted octanol–water partition coefficient (Wildman–Crippen LogP) is 0.687. The molecule has 4 heteroatoms. The molecule has 0 aliphatic rings. The van der Waals surface area contributed by atoms with E-state index in [0.29, 0.717) is 0 Å². The van der Waals surface area contributed by atoms with Gasteiger partial charge in [-0.2, -0.15) is 0 Å². The van der Waals surface area contributed by atoms with Crippen LogP contribution in [0.15, 0.2) is 18.6 Å². The van der Waals surface area contributed by atoms with E-state index in [0.717, 1.165) is 17.6 Å². The molecular weight excluding hydrogens is 140 g/mol. The van der Waals surface area contributed by atoms with Gasteiger partial charge < -0.3 is 0 Å². The minimum Gasteiger partial charge on any atom is -0.257 e. The molecule has 0 unspecified atom stereocenters. The summed E-state index contributed by atoms with van der Waals surface area (Å²) in [5.41, 5.74) is 1.96. The number of rotatable bonds is 1. The Kier molecular flexibility index (Phi) is 1.31. The fourth-order valence-corrected chi connectivity index (χ4v) is 0.950. The van der Waals surface area contributed by atoms with E-state index in [1.54, 1.807) is 16.9 Å². The Balaban J connectivity index is 2.67. The third-order valence-corrected chi connectivity index (χ3v) is 1.60. The van der Waals surface area contributed by atoms with E-state index in [2.05, 4.69) is 22.2 Å². The summed E-state index contributed by atoms with van der Waals surface area (Å²) < 4.78 is 1.73. The van der Waals surface area contributed by atoms with Gasteiger partial charge in [0.05, 0.1) is 24.3 Å². The van der Waals surface area contributed by atoms with Crippen LogP contribution in [0.5, 0.6) is 0 Å². The zero-order valence-corrected chi connectivity index (χ0v) is 6.23. The Morgan fingerprint density at radius 2 is 2.36 bits per heavy atom. The second-order valence-electron chi connectivity index (χ2n) is 2.34. The molecule has 0 aromatic carbocycles. The van der Waals surface area contributed by atoms with Crippen LogP contribution in [-0.4, -0.2) is 19.8 Å². The molecule has 0 spiro atoms. The van der Waals surface area contributed by atoms with Gasteiger partial charge in [0.2, 0.25) is 0 Å². The Morgan fingerprint density at radius 3 is 3.18 bits per heavy atom. The molecule has 0 atom stereocenters. The highest BCUT2D eigenvalue weighted by molar-refractivity contribution is 5.39. The number of aryl methyl sites for hydroxylation is 1. The monoisotopic (exact) mass is 148 g/mol. The van der Waals surface area contributed by atoms with Crippen LogP contribution in [0.3, 0.4) is 0 Å². The summed E-state index contributed by atoms with van der Waals surface area (Å²) in [7, 11) is 0. The summed E-state index contributed by atoms with van der Waals surface area (Å²) in [4.78, 5) is 4.20. The Labute approximate surface area is 63.9 Å². The van der Waals surface area contributed by atoms with Crippen molar-refractivity contribution in [3.63, 3.8) is 0 Å². The van der Waals surface area contributed by atoms with E-state index >= 15 is 0 Å². The molecule has 0 fully saturated rings. The lowest BCUT2D eigenvalue weighted by Gasteiger charge is -1.94. The van der Waals surface area contributed by atoms with Gasteiger partial charge in [0.25, 0.3) is 0 Å². The number of hydrogen-bond donors (Lipinski definition) is 0. The molecule has 2 aromatic heterocycles. The van der Waals surface area contributed by atoms with E-state index in [-0.39, 0.29) is 0 Å². The van der Waals surface area contributed by atoms with Crippen molar-refractivity contribution < 1.29 is 0 Å². The lowest BCUT2D eigenvalue weighted by molar-refractivity contribution is 0.831. The molecule has 0 aliphatic heterocycles. The lowest BCUT2D eigenvalue weighted by atomic mass is 10.3. The van der Waals surface area contributed by atoms with Gasteiger partial charge >= 0.3 is 0 Å². The van der Waals surface area contributed by atoms with Gasteiger partial charge in [0, 0.05) is 0 Å². The third kappa shape index (κ3) is 0.960. The zero-order valence-electron chi connectivity index (χ0n) is 6.23. The maximum absolute atomic E-state index is 4.20. The molecule has 2 rings (SSSR count). The fourth-order valence-electron chi connectivity index (χ4n) is 0.950. The number of fused-ring (bicyclic) bond motifs is 1. The van der Waals surface area contributed by atoms with Crippen molar-refractivity contribution in [2.45, 2.75) is 13.3 Å². The van der Waals surface area contributed by atoms with Gasteiger partial charge in [-0.25, -0.2) is 4.52 Å². The van der Waals surface area contributed by atoms with E-state index < -0.39 is 0 Å². The Hall–Kier alpha value is -1.45. The van der Waals surface area contributed by atoms with E-state index in [4.69, 9.17) is 0 Å². The maximum atomic E-state index is 4.20. The Morgan fingerprint density at radius 1 is 1.45 bits per heavy atom. The van der Waals surface area contributed by atoms with Crippen LogP contribution in [0.2, 0.25) is 0 Å². The molecule has 2 aromatic rings. The standard InChI is InChI=1S/C7H8N4/c1-2-6-5-11-7(3-8-6)4-9-10-11/h3-5H,2H2,1H3. The van der Waals surface area contributed by atoms with Crippen molar-refractivity contribution >= 4 is 5.52 Å². The van der Waals surface area contributed by atoms with Crippen molar-refractivity contribution in [2.24, 2.45) is 0 Å². The van der Waals surface area contributed by atoms with Crippen molar-refractivity contribution in [1.82, 2.24) is 19.8 Å². The first-order valence-electron chi connectivity index (χ1n) is 3.55. The molecule has 56 valence electrons. The molecule has 0 amide bonds. The van der Waals surface area contributed by atoms with Gasteiger partial charge in [0.1, 0.15) is 5.52 Å². The van der Waals surface area contributed by atoms with Crippen LogP contribution >= 0.6 is 0 Å². The van der Waals surface area contributed by atoms with E-state index in [1.165, 1.54) is 0 Å². The van der Waals surface area contributed by atoms with Crippen LogP contribution in [0, 0.1) is 0 Å². The molecular formula is C7H8N4. The second kappa shape index (κ2) is 2.30. The normalized spacial score (nSPS) is 10.6. The largest absolute Gasteiger partial charge is 0.257 e. The van der Waals surface area contributed by atoms with Crippen molar-refractivity contribution in [3.8, 4) is 0 Å². The highest BCUT2D eigenvalue weighted by Gasteiger charge is 1.95. The second-order valence-corrected chi connectivity index (χ2v) is 2.34. The van der Waals surface area contributed by atoms with Crippen LogP contribution in [0.4, 0.5) is 0 Å². The summed E-state index contributed by atoms with van der Waals surface area (Å²) in [6.07, 6.45) is 6.28. The van der Waals surface area contributed by atoms with E-state index in [1.807, 2.05) is 6.20 Å². The van der Waals surface area contributed by atoms with Gasteiger partial charge in [0.15, 0.2) is 0 Å². The minimum atomic E-state index is 0.926. The lowest BCUT2D eigenvalue weighted by Crippen LogP contribution is -1.93. The van der Waals surface area contributed by atoms with Crippen LogP contribution < -0.4 is 0 Å². The van der Waals surface area contributed by atoms with Crippen molar-refractivity contribution in [1.29, 1.82) is 0 Å². The highest BCUT2D eigenvalue weighted by Crippen LogP contribution is 1.99. The first kappa shape index (κ1) is 6.27. The first-order chi connectivity index (χ1) is 5.40. The smallest absolute Gasteiger partial charge is 0.105 e. The van der Waals surface area contributed by atoms with Gasteiger partial charge in [-0.05, 0) is 6.42 Å². The molecule has 0 saturated carbocycles. The molecule has 0 radical (unpaired) electrons. The Bertz CT molecular complexity index is 365. The SMILES string of the molecule is CCc1cn2nncc2cn1. The molecule has 0 bridgehead atoms. The molecule has 2 heterocycles. The summed E-state index contributed by atoms with van der Waals surface area (Å²) in [5.74, 6) is 0. The predicted molar refractivity (Wildman–Crippen MR) is 40.2 cm³/mol. The maximum Gasteiger partial charge on any atom is 0.105 e. The zero-order chi connectivity index (χ0) is 7.68. The van der Waals surface area contributed by atoms with Crippen LogP contribution in [0.25, 0.3) is 5.52 Å². The summed E-state index contributed by atoms with van der Waals surface area (Å²) in [6, 6.07) is 0. The van der Waals surface area contributed by atoms with Crippen LogP contribution in [-0.2, 0) is 6.42 Å². The highest BCUT2D eigenvalue weighted by atomic mass is 15.4. The third-order valence-electron chi connectivity index (χ3n) is 1.60. The number of aromatic nitrogens is 4. The summed E-state index contributed by atoms with van der Waals surface area (Å²) >= 11 is 0. The summed E-state index contributed by atoms with van der Waals surface area (Å²) in [6.45, 7) is 2.06. The number of nitrogens with zero attached hydrogens (tertiary/aromatic N) is 4. The quantitative estimate of drug-likeness (QED) is 0.597. The topological polar surface area (TPSA) is 43.1 Å². The molecule has 11 heavy (non-hydrogen) atoms. The molecule has 0 saturated heterocycles. The fraction of sp³-hybridized carbons (Fsp3) is 0.286. The van der Waals surface area contributed by atoms with Crippen molar-refractivity contribution in [2.75, 3.05) is 0 Å². The average molecular weight is 148 g/mol. The average Bonchev–Trinajstić information content (AvgIpc) is 2.50. The number of hydrogen-bond acceptors (Lipinski definition) is 3. The van der Waals surface area contributed by atoms with Crippen LogP contribution in [0.1, 0.15) is 12.6 Å². The van der Waals surface area contributed by atoms with Gasteiger partial charge in [-0.15, -0.1) is 5.10 Å². The van der Waals surface area contributed by atoms with Gasteiger partial charge in [-0.3, -0.25) is 4.98 Å². The van der Waals surface area contributed by atoms with E-state index in [9.17, 15) is 0 Å². The minimum absolute atomic E-state index is 0.926. The molecule has 0 N–H and O–H groups in total. The summed E-state index contributed by atoms with van der Waals surface area (Å²) in [5, 5.41) is 7.60. The van der Waals surface area contributed by atoms with Crippen molar-refractivity contribution in [3.05, 3.63) is 24.3 Å². The molecule has 0 aliphatic carbocycles. The van der Waals surface area contributed by atoms with Gasteiger partial charge in [-0.1, -0.05) is 12.1 Å². The first-order valence-corrected chi connectivity index (χ1v) is 3.55.